The van der Waals surface area contributed by atoms with Gasteiger partial charge in [-0.1, -0.05) is 0 Å². The zero-order chi connectivity index (χ0) is 15.6. The number of hydrogen-bond acceptors (Lipinski definition) is 4. The van der Waals surface area contributed by atoms with Crippen molar-refractivity contribution in [1.29, 1.82) is 0 Å². The Labute approximate surface area is 125 Å². The molecule has 22 heavy (non-hydrogen) atoms. The van der Waals surface area contributed by atoms with E-state index in [1.165, 1.54) is 4.52 Å². The van der Waals surface area contributed by atoms with Crippen LogP contribution in [0.25, 0.3) is 5.65 Å². The summed E-state index contributed by atoms with van der Waals surface area (Å²) in [7, 11) is 0. The number of imidazole rings is 1. The van der Waals surface area contributed by atoms with Crippen LogP contribution in [0.15, 0.2) is 18.5 Å². The van der Waals surface area contributed by atoms with E-state index in [0.717, 1.165) is 25.7 Å². The van der Waals surface area contributed by atoms with Crippen molar-refractivity contribution in [2.24, 2.45) is 0 Å². The van der Waals surface area contributed by atoms with Crippen molar-refractivity contribution in [3.63, 3.8) is 0 Å². The third kappa shape index (κ3) is 3.61. The number of fused-ring (bicyclic) bond motifs is 1. The van der Waals surface area contributed by atoms with E-state index in [1.807, 2.05) is 0 Å². The highest BCUT2D eigenvalue weighted by Gasteiger charge is 2.26. The van der Waals surface area contributed by atoms with Gasteiger partial charge < -0.3 is 10.1 Å². The van der Waals surface area contributed by atoms with E-state index in [-0.39, 0.29) is 12.6 Å². The Morgan fingerprint density at radius 1 is 1.32 bits per heavy atom. The highest BCUT2D eigenvalue weighted by molar-refractivity contribution is 5.67. The second kappa shape index (κ2) is 6.02. The lowest BCUT2D eigenvalue weighted by molar-refractivity contribution is -0.131. The van der Waals surface area contributed by atoms with Gasteiger partial charge in [-0.3, -0.25) is 0 Å². The fraction of sp³-hybridized carbons (Fsp3) is 0.571. The van der Waals surface area contributed by atoms with E-state index >= 15 is 0 Å². The van der Waals surface area contributed by atoms with Crippen LogP contribution in [0, 0.1) is 0 Å². The van der Waals surface area contributed by atoms with Crippen LogP contribution in [0.3, 0.4) is 0 Å². The molecule has 1 aliphatic carbocycles. The van der Waals surface area contributed by atoms with Crippen molar-refractivity contribution >= 4 is 11.3 Å². The number of alkyl halides is 3. The van der Waals surface area contributed by atoms with Gasteiger partial charge in [-0.15, -0.1) is 5.10 Å². The first kappa shape index (κ1) is 14.9. The van der Waals surface area contributed by atoms with Gasteiger partial charge in [0.2, 0.25) is 5.88 Å². The summed E-state index contributed by atoms with van der Waals surface area (Å²) in [6, 6.07) is 1.62. The molecule has 0 radical (unpaired) electrons. The van der Waals surface area contributed by atoms with E-state index in [1.54, 1.807) is 18.5 Å². The van der Waals surface area contributed by atoms with Gasteiger partial charge >= 0.3 is 6.18 Å². The number of nitrogens with one attached hydrogen (secondary N) is 1. The van der Waals surface area contributed by atoms with Crippen LogP contribution in [0.1, 0.15) is 32.1 Å². The molecule has 1 N–H and O–H groups in total. The average molecular weight is 314 g/mol. The number of hydrogen-bond donors (Lipinski definition) is 1. The molecule has 2 aromatic heterocycles. The summed E-state index contributed by atoms with van der Waals surface area (Å²) in [6.07, 6.45) is 2.49. The average Bonchev–Trinajstić information content (AvgIpc) is 3.08. The summed E-state index contributed by atoms with van der Waals surface area (Å²) in [5.74, 6) is 0.409. The fourth-order valence-electron chi connectivity index (χ4n) is 2.60. The quantitative estimate of drug-likeness (QED) is 0.919. The number of anilines is 1. The maximum absolute atomic E-state index is 12.3. The lowest BCUT2D eigenvalue weighted by Gasteiger charge is -2.14. The van der Waals surface area contributed by atoms with E-state index < -0.39 is 12.6 Å². The van der Waals surface area contributed by atoms with Gasteiger partial charge in [0.25, 0.3) is 0 Å². The molecule has 1 fully saturated rings. The Balaban J connectivity index is 1.76. The maximum Gasteiger partial charge on any atom is 0.390 e. The minimum absolute atomic E-state index is 0.136. The Bertz CT molecular complexity index is 635. The molecule has 0 bridgehead atoms. The minimum atomic E-state index is -4.19. The van der Waals surface area contributed by atoms with Crippen LogP contribution >= 0.6 is 0 Å². The van der Waals surface area contributed by atoms with Crippen molar-refractivity contribution in [3.05, 3.63) is 18.5 Å². The number of aromatic nitrogens is 3. The molecule has 0 spiro atoms. The fourth-order valence-corrected chi connectivity index (χ4v) is 2.60. The number of nitrogens with zero attached hydrogens (tertiary/aromatic N) is 3. The number of halogens is 3. The zero-order valence-corrected chi connectivity index (χ0v) is 11.9. The monoisotopic (exact) mass is 314 g/mol. The molecule has 0 aliphatic heterocycles. The molecule has 120 valence electrons. The normalized spacial score (nSPS) is 16.3. The summed E-state index contributed by atoms with van der Waals surface area (Å²) in [4.78, 5) is 4.11. The molecular formula is C14H17F3N4O. The van der Waals surface area contributed by atoms with Crippen molar-refractivity contribution in [3.8, 4) is 5.88 Å². The molecule has 3 rings (SSSR count). The Morgan fingerprint density at radius 3 is 2.82 bits per heavy atom. The van der Waals surface area contributed by atoms with Crippen molar-refractivity contribution < 1.29 is 17.9 Å². The molecule has 0 atom stereocenters. The van der Waals surface area contributed by atoms with Gasteiger partial charge in [0.15, 0.2) is 5.65 Å². The topological polar surface area (TPSA) is 51.5 Å². The van der Waals surface area contributed by atoms with Gasteiger partial charge in [0.05, 0.1) is 12.1 Å². The predicted molar refractivity (Wildman–Crippen MR) is 75.0 cm³/mol. The lowest BCUT2D eigenvalue weighted by Crippen LogP contribution is -2.16. The third-order valence-electron chi connectivity index (χ3n) is 3.65. The second-order valence-corrected chi connectivity index (χ2v) is 5.41. The largest absolute Gasteiger partial charge is 0.473 e. The van der Waals surface area contributed by atoms with Gasteiger partial charge in [0.1, 0.15) is 6.10 Å². The van der Waals surface area contributed by atoms with Crippen molar-refractivity contribution in [1.82, 2.24) is 14.6 Å². The Kier molecular flexibility index (Phi) is 4.08. The van der Waals surface area contributed by atoms with Crippen LogP contribution < -0.4 is 10.1 Å². The van der Waals surface area contributed by atoms with Gasteiger partial charge in [-0.25, -0.2) is 9.50 Å². The van der Waals surface area contributed by atoms with Crippen LogP contribution in [-0.4, -0.2) is 33.4 Å². The first-order valence-electron chi connectivity index (χ1n) is 7.33. The minimum Gasteiger partial charge on any atom is -0.473 e. The van der Waals surface area contributed by atoms with E-state index in [4.69, 9.17) is 4.74 Å². The molecule has 5 nitrogen and oxygen atoms in total. The van der Waals surface area contributed by atoms with Crippen LogP contribution in [0.4, 0.5) is 18.9 Å². The molecule has 1 aliphatic rings. The second-order valence-electron chi connectivity index (χ2n) is 5.41. The summed E-state index contributed by atoms with van der Waals surface area (Å²) in [5, 5.41) is 7.06. The van der Waals surface area contributed by atoms with Crippen molar-refractivity contribution in [2.75, 3.05) is 11.9 Å². The summed E-state index contributed by atoms with van der Waals surface area (Å²) in [5.41, 5.74) is 0.984. The highest BCUT2D eigenvalue weighted by atomic mass is 19.4. The number of rotatable bonds is 5. The predicted octanol–water partition coefficient (Wildman–Crippen LogP) is 3.42. The van der Waals surface area contributed by atoms with Gasteiger partial charge in [0, 0.05) is 25.0 Å². The van der Waals surface area contributed by atoms with E-state index in [0.29, 0.717) is 17.2 Å². The molecule has 8 heteroatoms. The molecular weight excluding hydrogens is 297 g/mol. The van der Waals surface area contributed by atoms with Crippen LogP contribution in [-0.2, 0) is 0 Å². The summed E-state index contributed by atoms with van der Waals surface area (Å²) >= 11 is 0. The first-order chi connectivity index (χ1) is 10.5. The molecule has 0 saturated heterocycles. The van der Waals surface area contributed by atoms with E-state index in [2.05, 4.69) is 15.4 Å². The molecule has 0 amide bonds. The van der Waals surface area contributed by atoms with Gasteiger partial charge in [-0.05, 0) is 25.7 Å². The molecule has 2 aromatic rings. The standard InChI is InChI=1S/C14H17F3N4O/c15-14(16,17)5-6-18-11-9-12(22-10-3-1-2-4-10)20-21-8-7-19-13(11)21/h7-10,18H,1-6H2. The zero-order valence-electron chi connectivity index (χ0n) is 11.9. The molecule has 1 saturated carbocycles. The lowest BCUT2D eigenvalue weighted by atomic mass is 10.3. The Morgan fingerprint density at radius 2 is 2.09 bits per heavy atom. The third-order valence-corrected chi connectivity index (χ3v) is 3.65. The molecule has 0 unspecified atom stereocenters. The molecule has 2 heterocycles. The van der Waals surface area contributed by atoms with E-state index in [9.17, 15) is 13.2 Å². The maximum atomic E-state index is 12.3. The Hall–Kier alpha value is -1.99. The molecule has 0 aromatic carbocycles. The van der Waals surface area contributed by atoms with Crippen LogP contribution in [0.2, 0.25) is 0 Å². The summed E-state index contributed by atoms with van der Waals surface area (Å²) in [6.45, 7) is -0.209. The first-order valence-corrected chi connectivity index (χ1v) is 7.33. The summed E-state index contributed by atoms with van der Waals surface area (Å²) < 4.78 is 44.1. The SMILES string of the molecule is FC(F)(F)CCNc1cc(OC2CCCC2)nn2ccnc12. The highest BCUT2D eigenvalue weighted by Crippen LogP contribution is 2.26. The van der Waals surface area contributed by atoms with Crippen LogP contribution in [0.5, 0.6) is 5.88 Å². The number of ether oxygens (including phenoxy) is 1. The smallest absolute Gasteiger partial charge is 0.390 e. The van der Waals surface area contributed by atoms with Crippen molar-refractivity contribution in [2.45, 2.75) is 44.4 Å². The van der Waals surface area contributed by atoms with Gasteiger partial charge in [-0.2, -0.15) is 13.2 Å².